The largest absolute Gasteiger partial charge is 0.384 e. The molecule has 1 fully saturated rings. The van der Waals surface area contributed by atoms with Gasteiger partial charge in [-0.3, -0.25) is 4.79 Å². The summed E-state index contributed by atoms with van der Waals surface area (Å²) in [5.74, 6) is -0.734. The summed E-state index contributed by atoms with van der Waals surface area (Å²) in [6.07, 6.45) is 0.490. The van der Waals surface area contributed by atoms with E-state index in [0.29, 0.717) is 12.0 Å². The summed E-state index contributed by atoms with van der Waals surface area (Å²) in [5.41, 5.74) is 2.41. The Bertz CT molecular complexity index is 1170. The molecule has 2 nitrogen and oxygen atoms in total. The van der Waals surface area contributed by atoms with Gasteiger partial charge in [-0.25, -0.2) is 0 Å². The van der Waals surface area contributed by atoms with Crippen LogP contribution in [-0.4, -0.2) is 10.9 Å². The zero-order valence-electron chi connectivity index (χ0n) is 17.8. The molecule has 0 aromatic heterocycles. The summed E-state index contributed by atoms with van der Waals surface area (Å²) in [6.45, 7) is 0. The first-order valence-corrected chi connectivity index (χ1v) is 11.2. The lowest BCUT2D eigenvalue weighted by molar-refractivity contribution is -0.000254. The lowest BCUT2D eigenvalue weighted by Crippen LogP contribution is -2.37. The first-order chi connectivity index (χ1) is 15.7. The molecule has 4 atom stereocenters. The van der Waals surface area contributed by atoms with Gasteiger partial charge in [-0.2, -0.15) is 0 Å². The molecule has 4 aromatic carbocycles. The average Bonchev–Trinajstić information content (AvgIpc) is 3.20. The molecular weight excluding hydrogens is 392 g/mol. The normalized spacial score (nSPS) is 24.8. The topological polar surface area (TPSA) is 37.3 Å². The molecule has 0 saturated heterocycles. The Morgan fingerprint density at radius 2 is 1.12 bits per heavy atom. The van der Waals surface area contributed by atoms with Crippen molar-refractivity contribution < 1.29 is 9.90 Å². The third-order valence-electron chi connectivity index (χ3n) is 6.86. The Balaban J connectivity index is 1.72. The third kappa shape index (κ3) is 3.57. The lowest BCUT2D eigenvalue weighted by atomic mass is 9.73. The third-order valence-corrected chi connectivity index (χ3v) is 6.86. The van der Waals surface area contributed by atoms with Crippen LogP contribution in [0.2, 0.25) is 0 Å². The molecular formula is C30H26O2. The highest BCUT2D eigenvalue weighted by molar-refractivity contribution is 5.99. The van der Waals surface area contributed by atoms with Crippen LogP contribution in [-0.2, 0) is 5.60 Å². The van der Waals surface area contributed by atoms with Crippen LogP contribution in [0, 0.1) is 5.92 Å². The summed E-state index contributed by atoms with van der Waals surface area (Å²) >= 11 is 0. The van der Waals surface area contributed by atoms with Crippen molar-refractivity contribution in [3.63, 3.8) is 0 Å². The van der Waals surface area contributed by atoms with E-state index < -0.39 is 11.5 Å². The van der Waals surface area contributed by atoms with E-state index in [1.165, 1.54) is 0 Å². The number of carbonyl (C=O) groups is 1. The number of benzene rings is 4. The monoisotopic (exact) mass is 418 g/mol. The number of carbonyl (C=O) groups excluding carboxylic acids is 1. The summed E-state index contributed by atoms with van der Waals surface area (Å²) < 4.78 is 0. The van der Waals surface area contributed by atoms with Gasteiger partial charge in [0.25, 0.3) is 0 Å². The quantitative estimate of drug-likeness (QED) is 0.384. The van der Waals surface area contributed by atoms with E-state index in [1.54, 1.807) is 0 Å². The number of aliphatic hydroxyl groups is 1. The minimum Gasteiger partial charge on any atom is -0.384 e. The standard InChI is InChI=1S/C30H26O2/c31-29(24-17-9-3-10-18-24)28-27(23-15-7-2-8-16-23)26(22-13-5-1-6-14-22)21-30(28,32)25-19-11-4-12-20-25/h1-20,26-28,32H,21H2/t26-,27-,28-,30-/m1/s1. The van der Waals surface area contributed by atoms with Crippen molar-refractivity contribution in [2.24, 2.45) is 5.92 Å². The van der Waals surface area contributed by atoms with Crippen LogP contribution in [0.3, 0.4) is 0 Å². The van der Waals surface area contributed by atoms with E-state index in [9.17, 15) is 9.90 Å². The second-order valence-electron chi connectivity index (χ2n) is 8.66. The Hall–Kier alpha value is -3.49. The highest BCUT2D eigenvalue weighted by atomic mass is 16.3. The van der Waals surface area contributed by atoms with Crippen molar-refractivity contribution in [1.82, 2.24) is 0 Å². The Kier molecular flexibility index (Phi) is 5.46. The van der Waals surface area contributed by atoms with Crippen molar-refractivity contribution in [3.8, 4) is 0 Å². The molecule has 0 bridgehead atoms. The predicted molar refractivity (Wildman–Crippen MR) is 128 cm³/mol. The van der Waals surface area contributed by atoms with E-state index in [1.807, 2.05) is 97.1 Å². The van der Waals surface area contributed by atoms with Gasteiger partial charge in [-0.05, 0) is 29.0 Å². The fraction of sp³-hybridized carbons (Fsp3) is 0.167. The van der Waals surface area contributed by atoms with Crippen LogP contribution in [0.15, 0.2) is 121 Å². The summed E-state index contributed by atoms with van der Waals surface area (Å²) in [4.78, 5) is 14.0. The second-order valence-corrected chi connectivity index (χ2v) is 8.66. The van der Waals surface area contributed by atoms with Crippen LogP contribution in [0.5, 0.6) is 0 Å². The van der Waals surface area contributed by atoms with Crippen molar-refractivity contribution in [2.45, 2.75) is 23.9 Å². The van der Waals surface area contributed by atoms with Gasteiger partial charge >= 0.3 is 0 Å². The van der Waals surface area contributed by atoms with E-state index in [4.69, 9.17) is 0 Å². The SMILES string of the molecule is O=C(c1ccccc1)[C@H]1[C@H](c2ccccc2)[C@@H](c2ccccc2)C[C@@]1(O)c1ccccc1. The maximum absolute atomic E-state index is 14.0. The van der Waals surface area contributed by atoms with Gasteiger partial charge in [-0.1, -0.05) is 121 Å². The highest BCUT2D eigenvalue weighted by Gasteiger charge is 2.57. The van der Waals surface area contributed by atoms with E-state index in [-0.39, 0.29) is 17.6 Å². The second kappa shape index (κ2) is 8.57. The lowest BCUT2D eigenvalue weighted by Gasteiger charge is -2.32. The van der Waals surface area contributed by atoms with Crippen LogP contribution in [0.25, 0.3) is 0 Å². The molecule has 0 aliphatic heterocycles. The first-order valence-electron chi connectivity index (χ1n) is 11.2. The fourth-order valence-corrected chi connectivity index (χ4v) is 5.43. The average molecular weight is 419 g/mol. The summed E-state index contributed by atoms with van der Waals surface area (Å²) in [6, 6.07) is 39.6. The molecule has 0 heterocycles. The van der Waals surface area contributed by atoms with Gasteiger partial charge in [0.2, 0.25) is 0 Å². The number of ketones is 1. The van der Waals surface area contributed by atoms with Gasteiger partial charge in [0.15, 0.2) is 5.78 Å². The van der Waals surface area contributed by atoms with Crippen LogP contribution in [0.4, 0.5) is 0 Å². The maximum atomic E-state index is 14.0. The van der Waals surface area contributed by atoms with Gasteiger partial charge in [0.1, 0.15) is 5.60 Å². The molecule has 0 spiro atoms. The predicted octanol–water partition coefficient (Wildman–Crippen LogP) is 6.34. The highest BCUT2D eigenvalue weighted by Crippen LogP contribution is 2.59. The zero-order chi connectivity index (χ0) is 22.0. The minimum atomic E-state index is -1.27. The Morgan fingerprint density at radius 1 is 0.656 bits per heavy atom. The van der Waals surface area contributed by atoms with Crippen molar-refractivity contribution in [1.29, 1.82) is 0 Å². The van der Waals surface area contributed by atoms with Crippen LogP contribution >= 0.6 is 0 Å². The molecule has 0 unspecified atom stereocenters. The molecule has 2 heteroatoms. The first kappa shape index (κ1) is 20.4. The molecule has 0 amide bonds. The van der Waals surface area contributed by atoms with Crippen molar-refractivity contribution in [3.05, 3.63) is 144 Å². The molecule has 1 N–H and O–H groups in total. The molecule has 1 aliphatic rings. The number of Topliss-reactive ketones (excluding diaryl/α,β-unsaturated/α-hetero) is 1. The van der Waals surface area contributed by atoms with Crippen LogP contribution < -0.4 is 0 Å². The molecule has 158 valence electrons. The number of hydrogen-bond donors (Lipinski definition) is 1. The van der Waals surface area contributed by atoms with E-state index in [0.717, 1.165) is 16.7 Å². The van der Waals surface area contributed by atoms with Gasteiger partial charge in [0.05, 0.1) is 5.92 Å². The van der Waals surface area contributed by atoms with Crippen LogP contribution in [0.1, 0.15) is 45.3 Å². The molecule has 1 aliphatic carbocycles. The molecule has 32 heavy (non-hydrogen) atoms. The molecule has 0 radical (unpaired) electrons. The van der Waals surface area contributed by atoms with E-state index >= 15 is 0 Å². The van der Waals surface area contributed by atoms with Crippen molar-refractivity contribution >= 4 is 5.78 Å². The Labute approximate surface area is 189 Å². The van der Waals surface area contributed by atoms with Gasteiger partial charge in [-0.15, -0.1) is 0 Å². The van der Waals surface area contributed by atoms with E-state index in [2.05, 4.69) is 24.3 Å². The summed E-state index contributed by atoms with van der Waals surface area (Å²) in [7, 11) is 0. The minimum absolute atomic E-state index is 0.00997. The zero-order valence-corrected chi connectivity index (χ0v) is 17.8. The summed E-state index contributed by atoms with van der Waals surface area (Å²) in [5, 5.41) is 12.3. The Morgan fingerprint density at radius 3 is 1.69 bits per heavy atom. The van der Waals surface area contributed by atoms with Gasteiger partial charge in [0, 0.05) is 11.5 Å². The number of hydrogen-bond acceptors (Lipinski definition) is 2. The molecule has 5 rings (SSSR count). The smallest absolute Gasteiger partial charge is 0.169 e. The van der Waals surface area contributed by atoms with Crippen molar-refractivity contribution in [2.75, 3.05) is 0 Å². The fourth-order valence-electron chi connectivity index (χ4n) is 5.43. The van der Waals surface area contributed by atoms with Gasteiger partial charge < -0.3 is 5.11 Å². The number of rotatable bonds is 5. The molecule has 1 saturated carbocycles. The maximum Gasteiger partial charge on any atom is 0.169 e. The molecule has 4 aromatic rings.